The largest absolute Gasteiger partial charge is 0.435 e. The fraction of sp³-hybridized carbons (Fsp3) is 0.467. The van der Waals surface area contributed by atoms with Crippen molar-refractivity contribution in [1.29, 1.82) is 0 Å². The Hall–Kier alpha value is -1.62. The maximum absolute atomic E-state index is 12.3. The van der Waals surface area contributed by atoms with Gasteiger partial charge in [0.25, 0.3) is 5.91 Å². The Morgan fingerprint density at radius 1 is 1.50 bits per heavy atom. The van der Waals surface area contributed by atoms with E-state index in [2.05, 4.69) is 23.3 Å². The van der Waals surface area contributed by atoms with Gasteiger partial charge in [-0.1, -0.05) is 26.3 Å². The highest BCUT2D eigenvalue weighted by Crippen LogP contribution is 2.24. The summed E-state index contributed by atoms with van der Waals surface area (Å²) in [5.41, 5.74) is 0.653. The van der Waals surface area contributed by atoms with Crippen molar-refractivity contribution >= 4 is 17.2 Å². The molecule has 2 aromatic heterocycles. The molecule has 0 unspecified atom stereocenters. The fourth-order valence-corrected chi connectivity index (χ4v) is 2.91. The van der Waals surface area contributed by atoms with Gasteiger partial charge in [-0.05, 0) is 24.8 Å². The van der Waals surface area contributed by atoms with Crippen molar-refractivity contribution in [1.82, 2.24) is 10.3 Å². The maximum atomic E-state index is 12.3. The number of nitrogens with one attached hydrogen (secondary N) is 1. The van der Waals surface area contributed by atoms with Gasteiger partial charge in [-0.15, -0.1) is 11.3 Å². The normalized spacial score (nSPS) is 12.3. The molecule has 0 aliphatic carbocycles. The molecule has 0 aliphatic rings. The summed E-state index contributed by atoms with van der Waals surface area (Å²) in [6, 6.07) is 4.10. The molecule has 0 aromatic carbocycles. The zero-order valence-electron chi connectivity index (χ0n) is 12.1. The molecule has 0 aliphatic heterocycles. The molecule has 5 heteroatoms. The van der Waals surface area contributed by atoms with Crippen LogP contribution in [0.4, 0.5) is 0 Å². The molecule has 108 valence electrons. The molecule has 1 N–H and O–H groups in total. The number of hydrogen-bond donors (Lipinski definition) is 1. The fourth-order valence-electron chi connectivity index (χ4n) is 2.10. The lowest BCUT2D eigenvalue weighted by Crippen LogP contribution is -2.28. The van der Waals surface area contributed by atoms with Crippen molar-refractivity contribution < 1.29 is 9.21 Å². The van der Waals surface area contributed by atoms with Crippen LogP contribution in [0.15, 0.2) is 21.9 Å². The van der Waals surface area contributed by atoms with E-state index in [1.165, 1.54) is 4.88 Å². The van der Waals surface area contributed by atoms with Gasteiger partial charge < -0.3 is 9.73 Å². The van der Waals surface area contributed by atoms with Gasteiger partial charge in [0.1, 0.15) is 0 Å². The van der Waals surface area contributed by atoms with E-state index in [1.807, 2.05) is 18.4 Å². The van der Waals surface area contributed by atoms with Crippen molar-refractivity contribution in [2.75, 3.05) is 0 Å². The van der Waals surface area contributed by atoms with E-state index >= 15 is 0 Å². The molecule has 0 radical (unpaired) electrons. The number of hydrogen-bond acceptors (Lipinski definition) is 4. The smallest absolute Gasteiger partial charge is 0.289 e. The Morgan fingerprint density at radius 2 is 2.30 bits per heavy atom. The van der Waals surface area contributed by atoms with Gasteiger partial charge in [0.15, 0.2) is 5.89 Å². The van der Waals surface area contributed by atoms with Crippen LogP contribution in [0.2, 0.25) is 0 Å². The number of thiophene rings is 1. The van der Waals surface area contributed by atoms with Gasteiger partial charge in [0.2, 0.25) is 5.76 Å². The number of carbonyl (C=O) groups is 1. The Labute approximate surface area is 123 Å². The first-order valence-corrected chi connectivity index (χ1v) is 7.84. The number of rotatable bonds is 6. The van der Waals surface area contributed by atoms with Crippen LogP contribution in [0.25, 0.3) is 0 Å². The first kappa shape index (κ1) is 14.8. The van der Waals surface area contributed by atoms with Crippen LogP contribution < -0.4 is 5.32 Å². The summed E-state index contributed by atoms with van der Waals surface area (Å²) in [6.45, 7) is 5.87. The molecule has 0 spiro atoms. The van der Waals surface area contributed by atoms with E-state index in [-0.39, 0.29) is 11.9 Å². The van der Waals surface area contributed by atoms with Gasteiger partial charge in [-0.2, -0.15) is 0 Å². The number of amides is 1. The van der Waals surface area contributed by atoms with E-state index in [9.17, 15) is 4.79 Å². The van der Waals surface area contributed by atoms with Gasteiger partial charge >= 0.3 is 0 Å². The summed E-state index contributed by atoms with van der Waals surface area (Å²) in [7, 11) is 0. The Balaban J connectivity index is 2.13. The van der Waals surface area contributed by atoms with E-state index in [0.29, 0.717) is 23.8 Å². The molecule has 0 saturated carbocycles. The number of aryl methyl sites for hydroxylation is 2. The van der Waals surface area contributed by atoms with Crippen LogP contribution in [-0.2, 0) is 6.42 Å². The second kappa shape index (κ2) is 6.70. The molecule has 20 heavy (non-hydrogen) atoms. The van der Waals surface area contributed by atoms with E-state index in [4.69, 9.17) is 4.42 Å². The summed E-state index contributed by atoms with van der Waals surface area (Å²) >= 11 is 1.66. The van der Waals surface area contributed by atoms with Gasteiger partial charge in [-0.25, -0.2) is 4.98 Å². The molecular weight excluding hydrogens is 272 g/mol. The second-order valence-corrected chi connectivity index (χ2v) is 5.69. The highest BCUT2D eigenvalue weighted by atomic mass is 32.1. The van der Waals surface area contributed by atoms with Crippen LogP contribution in [0.3, 0.4) is 0 Å². The quantitative estimate of drug-likeness (QED) is 0.879. The lowest BCUT2D eigenvalue weighted by atomic mass is 10.1. The van der Waals surface area contributed by atoms with Crippen LogP contribution in [0.5, 0.6) is 0 Å². The number of carbonyl (C=O) groups excluding carboxylic acids is 1. The van der Waals surface area contributed by atoms with Crippen molar-refractivity contribution in [2.24, 2.45) is 0 Å². The molecule has 0 bridgehead atoms. The molecule has 2 heterocycles. The minimum Gasteiger partial charge on any atom is -0.435 e. The van der Waals surface area contributed by atoms with Crippen LogP contribution in [0.1, 0.15) is 59.7 Å². The standard InChI is InChI=1S/C15H20N2O2S/c1-4-7-11(12-8-6-9-20-12)17-15(18)14-10(3)16-13(5-2)19-14/h6,8-9,11H,4-5,7H2,1-3H3,(H,17,18)/t11-/m0/s1. The summed E-state index contributed by atoms with van der Waals surface area (Å²) in [6.07, 6.45) is 2.62. The molecular formula is C15H20N2O2S. The monoisotopic (exact) mass is 292 g/mol. The van der Waals surface area contributed by atoms with Crippen molar-refractivity contribution in [2.45, 2.75) is 46.1 Å². The van der Waals surface area contributed by atoms with Crippen LogP contribution >= 0.6 is 11.3 Å². The summed E-state index contributed by atoms with van der Waals surface area (Å²) in [5, 5.41) is 5.08. The average molecular weight is 292 g/mol. The Bertz CT molecular complexity index is 560. The number of nitrogens with zero attached hydrogens (tertiary/aromatic N) is 1. The number of oxazole rings is 1. The first-order valence-electron chi connectivity index (χ1n) is 6.96. The lowest BCUT2D eigenvalue weighted by Gasteiger charge is -2.15. The van der Waals surface area contributed by atoms with Crippen LogP contribution in [0, 0.1) is 6.92 Å². The van der Waals surface area contributed by atoms with Gasteiger partial charge in [0.05, 0.1) is 11.7 Å². The van der Waals surface area contributed by atoms with E-state index in [0.717, 1.165) is 12.8 Å². The predicted octanol–water partition coefficient (Wildman–Crippen LogP) is 3.88. The third-order valence-corrected chi connectivity index (χ3v) is 4.10. The molecule has 0 fully saturated rings. The first-order chi connectivity index (χ1) is 9.65. The highest BCUT2D eigenvalue weighted by Gasteiger charge is 2.21. The maximum Gasteiger partial charge on any atom is 0.289 e. The highest BCUT2D eigenvalue weighted by molar-refractivity contribution is 7.10. The Kier molecular flexibility index (Phi) is 4.95. The van der Waals surface area contributed by atoms with E-state index in [1.54, 1.807) is 18.3 Å². The molecule has 1 atom stereocenters. The minimum atomic E-state index is -0.179. The van der Waals surface area contributed by atoms with Crippen molar-refractivity contribution in [3.8, 4) is 0 Å². The topological polar surface area (TPSA) is 55.1 Å². The van der Waals surface area contributed by atoms with Crippen LogP contribution in [-0.4, -0.2) is 10.9 Å². The molecule has 1 amide bonds. The predicted molar refractivity (Wildman–Crippen MR) is 80.1 cm³/mol. The van der Waals surface area contributed by atoms with Crippen molar-refractivity contribution in [3.05, 3.63) is 39.7 Å². The summed E-state index contributed by atoms with van der Waals surface area (Å²) < 4.78 is 5.50. The van der Waals surface area contributed by atoms with E-state index < -0.39 is 0 Å². The summed E-state index contributed by atoms with van der Waals surface area (Å²) in [4.78, 5) is 17.8. The SMILES string of the molecule is CCC[C@H](NC(=O)c1oc(CC)nc1C)c1cccs1. The van der Waals surface area contributed by atoms with Gasteiger partial charge in [-0.3, -0.25) is 4.79 Å². The Morgan fingerprint density at radius 3 is 2.85 bits per heavy atom. The zero-order chi connectivity index (χ0) is 14.5. The molecule has 0 saturated heterocycles. The summed E-state index contributed by atoms with van der Waals surface area (Å²) in [5.74, 6) is 0.761. The second-order valence-electron chi connectivity index (χ2n) is 4.71. The van der Waals surface area contributed by atoms with Gasteiger partial charge in [0, 0.05) is 11.3 Å². The molecule has 4 nitrogen and oxygen atoms in total. The number of aromatic nitrogens is 1. The zero-order valence-corrected chi connectivity index (χ0v) is 12.9. The minimum absolute atomic E-state index is 0.0436. The third kappa shape index (κ3) is 3.28. The average Bonchev–Trinajstić information content (AvgIpc) is 3.07. The molecule has 2 aromatic rings. The van der Waals surface area contributed by atoms with Crippen molar-refractivity contribution in [3.63, 3.8) is 0 Å². The lowest BCUT2D eigenvalue weighted by molar-refractivity contribution is 0.0904. The molecule has 2 rings (SSSR count). The third-order valence-electron chi connectivity index (χ3n) is 3.12.